The van der Waals surface area contributed by atoms with Crippen molar-refractivity contribution < 1.29 is 42.1 Å². The number of likely N-dealkylation sites (N-methyl/N-ethyl adjacent to an activating group) is 1. The monoisotopic (exact) mass is 777 g/mol. The predicted molar refractivity (Wildman–Crippen MR) is 224 cm³/mol. The molecule has 0 aromatic heterocycles. The van der Waals surface area contributed by atoms with Gasteiger partial charge in [0.25, 0.3) is 0 Å². The molecule has 0 fully saturated rings. The summed E-state index contributed by atoms with van der Waals surface area (Å²) in [5.41, 5.74) is 0. The normalized spacial score (nSPS) is 14.6. The van der Waals surface area contributed by atoms with Gasteiger partial charge in [0.1, 0.15) is 19.8 Å². The van der Waals surface area contributed by atoms with Gasteiger partial charge < -0.3 is 18.9 Å². The Bertz CT molecular complexity index is 1200. The average molecular weight is 777 g/mol. The van der Waals surface area contributed by atoms with E-state index in [1.165, 1.54) is 12.8 Å². The van der Waals surface area contributed by atoms with Crippen LogP contribution in [0.2, 0.25) is 0 Å². The first-order chi connectivity index (χ1) is 26.0. The van der Waals surface area contributed by atoms with Crippen molar-refractivity contribution in [2.75, 3.05) is 47.5 Å². The van der Waals surface area contributed by atoms with E-state index in [0.717, 1.165) is 77.0 Å². The maximum absolute atomic E-state index is 12.6. The second kappa shape index (κ2) is 35.9. The maximum atomic E-state index is 12.6. The quantitative estimate of drug-likeness (QED) is 0.0223. The molecular formula is C44H75NO8P+. The van der Waals surface area contributed by atoms with Gasteiger partial charge in [-0.15, -0.1) is 0 Å². The van der Waals surface area contributed by atoms with Gasteiger partial charge in [-0.2, -0.15) is 0 Å². The Kier molecular flexibility index (Phi) is 34.0. The van der Waals surface area contributed by atoms with Crippen LogP contribution in [0.5, 0.6) is 0 Å². The molecule has 0 aliphatic heterocycles. The number of esters is 2. The molecule has 0 aromatic carbocycles. The molecule has 0 aliphatic carbocycles. The molecule has 0 radical (unpaired) electrons. The Labute approximate surface area is 329 Å². The summed E-state index contributed by atoms with van der Waals surface area (Å²) in [7, 11) is 1.41. The number of unbranched alkanes of at least 4 members (excludes halogenated alkanes) is 7. The molecule has 0 saturated carbocycles. The summed E-state index contributed by atoms with van der Waals surface area (Å²) in [6.45, 7) is 4.13. The molecule has 9 nitrogen and oxygen atoms in total. The highest BCUT2D eigenvalue weighted by atomic mass is 31.2. The molecule has 0 aromatic rings. The number of ether oxygens (including phenoxy) is 2. The van der Waals surface area contributed by atoms with Crippen LogP contribution in [0.4, 0.5) is 0 Å². The fourth-order valence-corrected chi connectivity index (χ4v) is 5.47. The number of allylic oxidation sites excluding steroid dienone is 14. The number of phosphoric ester groups is 1. The van der Waals surface area contributed by atoms with Crippen LogP contribution in [0.15, 0.2) is 85.1 Å². The first-order valence-corrected chi connectivity index (χ1v) is 21.8. The van der Waals surface area contributed by atoms with Gasteiger partial charge in [-0.3, -0.25) is 18.6 Å². The number of carbonyl (C=O) groups excluding carboxylic acids is 2. The van der Waals surface area contributed by atoms with Gasteiger partial charge in [-0.25, -0.2) is 4.57 Å². The van der Waals surface area contributed by atoms with Crippen LogP contribution < -0.4 is 0 Å². The van der Waals surface area contributed by atoms with Crippen molar-refractivity contribution in [1.82, 2.24) is 0 Å². The highest BCUT2D eigenvalue weighted by Gasteiger charge is 2.27. The summed E-state index contributed by atoms with van der Waals surface area (Å²) in [4.78, 5) is 35.2. The van der Waals surface area contributed by atoms with Crippen molar-refractivity contribution in [3.63, 3.8) is 0 Å². The number of phosphoric acid groups is 1. The van der Waals surface area contributed by atoms with Crippen LogP contribution in [0.3, 0.4) is 0 Å². The molecule has 0 heterocycles. The van der Waals surface area contributed by atoms with E-state index in [1.807, 2.05) is 33.3 Å². The number of nitrogens with zero attached hydrogens (tertiary/aromatic N) is 1. The van der Waals surface area contributed by atoms with Crippen LogP contribution in [0.1, 0.15) is 129 Å². The van der Waals surface area contributed by atoms with Gasteiger partial charge in [0.2, 0.25) is 0 Å². The van der Waals surface area contributed by atoms with E-state index < -0.39 is 32.5 Å². The molecule has 54 heavy (non-hydrogen) atoms. The van der Waals surface area contributed by atoms with Crippen molar-refractivity contribution in [3.05, 3.63) is 85.1 Å². The highest BCUT2D eigenvalue weighted by molar-refractivity contribution is 7.47. The minimum Gasteiger partial charge on any atom is -0.462 e. The summed E-state index contributed by atoms with van der Waals surface area (Å²) in [6.07, 6.45) is 45.1. The third-order valence-corrected chi connectivity index (χ3v) is 8.91. The zero-order valence-electron chi connectivity index (χ0n) is 34.4. The van der Waals surface area contributed by atoms with E-state index in [0.29, 0.717) is 23.9 Å². The fraction of sp³-hybridized carbons (Fsp3) is 0.636. The van der Waals surface area contributed by atoms with Crippen LogP contribution in [0.25, 0.3) is 0 Å². The predicted octanol–water partition coefficient (Wildman–Crippen LogP) is 11.2. The fourth-order valence-electron chi connectivity index (χ4n) is 4.72. The lowest BCUT2D eigenvalue weighted by molar-refractivity contribution is -0.870. The maximum Gasteiger partial charge on any atom is 0.472 e. The molecule has 0 aliphatic rings. The van der Waals surface area contributed by atoms with E-state index in [4.69, 9.17) is 18.5 Å². The Morgan fingerprint density at radius 1 is 0.593 bits per heavy atom. The van der Waals surface area contributed by atoms with Crippen LogP contribution in [0, 0.1) is 0 Å². The molecular weight excluding hydrogens is 701 g/mol. The van der Waals surface area contributed by atoms with E-state index in [-0.39, 0.29) is 26.1 Å². The van der Waals surface area contributed by atoms with Gasteiger partial charge in [0.05, 0.1) is 27.7 Å². The second-order valence-electron chi connectivity index (χ2n) is 14.3. The Morgan fingerprint density at radius 2 is 1.09 bits per heavy atom. The van der Waals surface area contributed by atoms with Crippen LogP contribution in [-0.4, -0.2) is 74.9 Å². The lowest BCUT2D eigenvalue weighted by atomic mass is 10.1. The van der Waals surface area contributed by atoms with Crippen molar-refractivity contribution in [2.24, 2.45) is 0 Å². The molecule has 2 atom stereocenters. The summed E-state index contributed by atoms with van der Waals surface area (Å²) < 4.78 is 34.1. The van der Waals surface area contributed by atoms with Gasteiger partial charge in [-0.1, -0.05) is 131 Å². The molecule has 10 heteroatoms. The molecule has 0 bridgehead atoms. The summed E-state index contributed by atoms with van der Waals surface area (Å²) >= 11 is 0. The van der Waals surface area contributed by atoms with Crippen molar-refractivity contribution in [1.29, 1.82) is 0 Å². The summed E-state index contributed by atoms with van der Waals surface area (Å²) in [5, 5.41) is 0. The number of quaternary nitrogens is 1. The first kappa shape index (κ1) is 51.2. The number of carbonyl (C=O) groups is 2. The molecule has 0 saturated heterocycles. The third kappa shape index (κ3) is 38.9. The molecule has 0 spiro atoms. The topological polar surface area (TPSA) is 108 Å². The van der Waals surface area contributed by atoms with Crippen LogP contribution in [-0.2, 0) is 32.7 Å². The van der Waals surface area contributed by atoms with Crippen LogP contribution >= 0.6 is 7.82 Å². The Balaban J connectivity index is 4.56. The largest absolute Gasteiger partial charge is 0.472 e. The molecule has 308 valence electrons. The highest BCUT2D eigenvalue weighted by Crippen LogP contribution is 2.43. The third-order valence-electron chi connectivity index (χ3n) is 7.92. The van der Waals surface area contributed by atoms with E-state index in [9.17, 15) is 19.0 Å². The van der Waals surface area contributed by atoms with Gasteiger partial charge in [-0.05, 0) is 70.6 Å². The Hall–Kier alpha value is -2.81. The second-order valence-corrected chi connectivity index (χ2v) is 15.7. The summed E-state index contributed by atoms with van der Waals surface area (Å²) in [6, 6.07) is 0. The SMILES string of the molecule is CC/C=C\C/C=C\C/C=C\C/C=C\C/C=C\C/C=C\CCC(=O)OC(COC(=O)CCCCCCC/C=C\CCCC)COP(=O)(O)OCC[N+](C)(C)C. The smallest absolute Gasteiger partial charge is 0.462 e. The molecule has 0 amide bonds. The number of hydrogen-bond donors (Lipinski definition) is 1. The average Bonchev–Trinajstić information content (AvgIpc) is 3.12. The van der Waals surface area contributed by atoms with Gasteiger partial charge in [0, 0.05) is 12.8 Å². The van der Waals surface area contributed by atoms with Gasteiger partial charge >= 0.3 is 19.8 Å². The lowest BCUT2D eigenvalue weighted by Crippen LogP contribution is -2.37. The first-order valence-electron chi connectivity index (χ1n) is 20.3. The van der Waals surface area contributed by atoms with E-state index in [2.05, 4.69) is 86.8 Å². The van der Waals surface area contributed by atoms with E-state index >= 15 is 0 Å². The molecule has 0 rings (SSSR count). The Morgan fingerprint density at radius 3 is 1.65 bits per heavy atom. The molecule has 1 N–H and O–H groups in total. The number of hydrogen-bond acceptors (Lipinski definition) is 7. The molecule has 2 unspecified atom stereocenters. The van der Waals surface area contributed by atoms with Gasteiger partial charge in [0.15, 0.2) is 6.10 Å². The summed E-state index contributed by atoms with van der Waals surface area (Å²) in [5.74, 6) is -0.919. The zero-order valence-corrected chi connectivity index (χ0v) is 35.3. The van der Waals surface area contributed by atoms with Crippen molar-refractivity contribution in [2.45, 2.75) is 136 Å². The minimum atomic E-state index is -4.40. The zero-order chi connectivity index (χ0) is 40.0. The minimum absolute atomic E-state index is 0.0122. The number of rotatable bonds is 35. The van der Waals surface area contributed by atoms with E-state index in [1.54, 1.807) is 0 Å². The standard InChI is InChI=1S/C44H74NO8P/c1-6-8-10-12-14-16-18-19-20-21-22-23-24-25-27-29-31-33-35-37-44(47)53-42(41-52-54(48,49)51-39-38-45(3,4)5)40-50-43(46)36-34-32-30-28-26-17-15-13-11-9-7-2/h8,10,13-16,19-20,22-23,25,27,31,33,42H,6-7,9,11-12,17-18,21,24,26,28-30,32,34-41H2,1-5H3/p+1/b10-8-,15-13-,16-14-,20-19-,23-22-,27-25-,33-31-. The van der Waals surface area contributed by atoms with Crippen molar-refractivity contribution in [3.8, 4) is 0 Å². The lowest BCUT2D eigenvalue weighted by Gasteiger charge is -2.24. The van der Waals surface area contributed by atoms with Crippen molar-refractivity contribution >= 4 is 19.8 Å².